The van der Waals surface area contributed by atoms with Crippen molar-refractivity contribution in [3.05, 3.63) is 0 Å². The lowest BCUT2D eigenvalue weighted by Crippen LogP contribution is -2.49. The van der Waals surface area contributed by atoms with Crippen LogP contribution in [-0.4, -0.2) is 43.3 Å². The minimum absolute atomic E-state index is 0.119. The highest BCUT2D eigenvalue weighted by Crippen LogP contribution is 2.42. The standard InChI is InChI=1S/C15H27NO3S/c1-12-11-16(8-9-20(12,18)19)14(17)10-13-6-4-5-7-15(13,2)3/h12-13H,4-11H2,1-3H3. The quantitative estimate of drug-likeness (QED) is 0.786. The molecular formula is C15H27NO3S. The fraction of sp³-hybridized carbons (Fsp3) is 0.933. The highest BCUT2D eigenvalue weighted by atomic mass is 32.2. The Morgan fingerprint density at radius 1 is 1.30 bits per heavy atom. The topological polar surface area (TPSA) is 54.5 Å². The van der Waals surface area contributed by atoms with Crippen molar-refractivity contribution < 1.29 is 13.2 Å². The largest absolute Gasteiger partial charge is 0.340 e. The SMILES string of the molecule is CC1CN(C(=O)CC2CCCCC2(C)C)CCS1(=O)=O. The molecule has 1 saturated carbocycles. The van der Waals surface area contributed by atoms with E-state index < -0.39 is 15.1 Å². The van der Waals surface area contributed by atoms with Gasteiger partial charge in [-0.1, -0.05) is 26.7 Å². The Kier molecular flexibility index (Phi) is 4.47. The summed E-state index contributed by atoms with van der Waals surface area (Å²) in [6.45, 7) is 6.97. The van der Waals surface area contributed by atoms with Crippen LogP contribution >= 0.6 is 0 Å². The molecule has 20 heavy (non-hydrogen) atoms. The van der Waals surface area contributed by atoms with E-state index in [2.05, 4.69) is 13.8 Å². The van der Waals surface area contributed by atoms with E-state index in [0.717, 1.165) is 6.42 Å². The van der Waals surface area contributed by atoms with Gasteiger partial charge in [0.1, 0.15) is 0 Å². The maximum Gasteiger partial charge on any atom is 0.222 e. The molecule has 2 atom stereocenters. The Hall–Kier alpha value is -0.580. The van der Waals surface area contributed by atoms with Crippen molar-refractivity contribution in [3.8, 4) is 0 Å². The fourth-order valence-electron chi connectivity index (χ4n) is 3.46. The Morgan fingerprint density at radius 2 is 2.00 bits per heavy atom. The zero-order valence-corrected chi connectivity index (χ0v) is 13.7. The molecule has 1 aliphatic carbocycles. The lowest BCUT2D eigenvalue weighted by Gasteiger charge is -2.40. The van der Waals surface area contributed by atoms with Crippen molar-refractivity contribution in [3.63, 3.8) is 0 Å². The molecule has 0 N–H and O–H groups in total. The summed E-state index contributed by atoms with van der Waals surface area (Å²) in [6, 6.07) is 0. The molecule has 4 nitrogen and oxygen atoms in total. The second-order valence-electron chi connectivity index (χ2n) is 7.15. The number of hydrogen-bond acceptors (Lipinski definition) is 3. The minimum atomic E-state index is -2.98. The molecule has 5 heteroatoms. The summed E-state index contributed by atoms with van der Waals surface area (Å²) < 4.78 is 23.4. The molecule has 0 aromatic carbocycles. The van der Waals surface area contributed by atoms with Crippen LogP contribution in [0.25, 0.3) is 0 Å². The monoisotopic (exact) mass is 301 g/mol. The summed E-state index contributed by atoms with van der Waals surface area (Å²) in [5.74, 6) is 0.706. The van der Waals surface area contributed by atoms with Gasteiger partial charge in [-0.2, -0.15) is 0 Å². The van der Waals surface area contributed by atoms with Gasteiger partial charge in [0.25, 0.3) is 0 Å². The van der Waals surface area contributed by atoms with Crippen LogP contribution in [0.1, 0.15) is 52.9 Å². The average Bonchev–Trinajstić information content (AvgIpc) is 2.35. The second kappa shape index (κ2) is 5.66. The van der Waals surface area contributed by atoms with Gasteiger partial charge in [-0.15, -0.1) is 0 Å². The van der Waals surface area contributed by atoms with E-state index in [1.54, 1.807) is 11.8 Å². The minimum Gasteiger partial charge on any atom is -0.340 e. The summed E-state index contributed by atoms with van der Waals surface area (Å²) in [6.07, 6.45) is 5.37. The first-order chi connectivity index (χ1) is 9.22. The van der Waals surface area contributed by atoms with Gasteiger partial charge in [-0.05, 0) is 31.1 Å². The lowest BCUT2D eigenvalue weighted by atomic mass is 9.67. The van der Waals surface area contributed by atoms with Crippen molar-refractivity contribution in [2.24, 2.45) is 11.3 Å². The molecule has 0 spiro atoms. The van der Waals surface area contributed by atoms with E-state index in [-0.39, 0.29) is 17.1 Å². The molecule has 0 aromatic rings. The Balaban J connectivity index is 1.95. The van der Waals surface area contributed by atoms with E-state index >= 15 is 0 Å². The van der Waals surface area contributed by atoms with Gasteiger partial charge in [0.2, 0.25) is 5.91 Å². The highest BCUT2D eigenvalue weighted by molar-refractivity contribution is 7.92. The molecule has 0 aromatic heterocycles. The molecule has 116 valence electrons. The molecule has 2 aliphatic rings. The van der Waals surface area contributed by atoms with Crippen molar-refractivity contribution in [2.45, 2.75) is 58.1 Å². The molecule has 1 aliphatic heterocycles. The highest BCUT2D eigenvalue weighted by Gasteiger charge is 2.36. The third-order valence-corrected chi connectivity index (χ3v) is 7.37. The van der Waals surface area contributed by atoms with Gasteiger partial charge in [-0.25, -0.2) is 8.42 Å². The summed E-state index contributed by atoms with van der Waals surface area (Å²) in [4.78, 5) is 14.2. The van der Waals surface area contributed by atoms with Gasteiger partial charge >= 0.3 is 0 Å². The van der Waals surface area contributed by atoms with Crippen LogP contribution in [0.15, 0.2) is 0 Å². The summed E-state index contributed by atoms with van der Waals surface area (Å²) >= 11 is 0. The van der Waals surface area contributed by atoms with Crippen LogP contribution in [-0.2, 0) is 14.6 Å². The molecule has 2 rings (SSSR count). The summed E-state index contributed by atoms with van der Waals surface area (Å²) in [7, 11) is -2.98. The van der Waals surface area contributed by atoms with E-state index in [9.17, 15) is 13.2 Å². The van der Waals surface area contributed by atoms with Crippen molar-refractivity contribution in [1.29, 1.82) is 0 Å². The molecule has 1 heterocycles. The number of carbonyl (C=O) groups excluding carboxylic acids is 1. The van der Waals surface area contributed by atoms with Crippen LogP contribution in [0, 0.1) is 11.3 Å². The van der Waals surface area contributed by atoms with Gasteiger partial charge < -0.3 is 4.90 Å². The molecule has 1 amide bonds. The van der Waals surface area contributed by atoms with Crippen LogP contribution in [0.2, 0.25) is 0 Å². The Labute approximate surface area is 122 Å². The van der Waals surface area contributed by atoms with E-state index in [1.165, 1.54) is 19.3 Å². The number of sulfone groups is 1. The first-order valence-electron chi connectivity index (χ1n) is 7.72. The predicted octanol–water partition coefficient (Wildman–Crippen LogP) is 2.24. The zero-order chi connectivity index (χ0) is 15.0. The normalized spacial score (nSPS) is 32.9. The first-order valence-corrected chi connectivity index (χ1v) is 9.43. The van der Waals surface area contributed by atoms with E-state index in [1.807, 2.05) is 0 Å². The summed E-state index contributed by atoms with van der Waals surface area (Å²) in [5.41, 5.74) is 0.237. The number of amides is 1. The molecule has 2 fully saturated rings. The molecule has 0 bridgehead atoms. The predicted molar refractivity (Wildman–Crippen MR) is 80.2 cm³/mol. The van der Waals surface area contributed by atoms with Gasteiger partial charge in [0.05, 0.1) is 11.0 Å². The average molecular weight is 301 g/mol. The van der Waals surface area contributed by atoms with Crippen LogP contribution in [0.5, 0.6) is 0 Å². The smallest absolute Gasteiger partial charge is 0.222 e. The number of hydrogen-bond donors (Lipinski definition) is 0. The van der Waals surface area contributed by atoms with Crippen LogP contribution in [0.4, 0.5) is 0 Å². The molecular weight excluding hydrogens is 274 g/mol. The third kappa shape index (κ3) is 3.35. The first kappa shape index (κ1) is 15.8. The fourth-order valence-corrected chi connectivity index (χ4v) is 4.75. The van der Waals surface area contributed by atoms with Crippen molar-refractivity contribution in [1.82, 2.24) is 4.90 Å². The zero-order valence-electron chi connectivity index (χ0n) is 12.9. The van der Waals surface area contributed by atoms with Crippen LogP contribution < -0.4 is 0 Å². The Bertz CT molecular complexity index is 470. The molecule has 0 radical (unpaired) electrons. The van der Waals surface area contributed by atoms with E-state index in [0.29, 0.717) is 25.4 Å². The van der Waals surface area contributed by atoms with Crippen molar-refractivity contribution >= 4 is 15.7 Å². The van der Waals surface area contributed by atoms with Gasteiger partial charge in [0, 0.05) is 19.5 Å². The summed E-state index contributed by atoms with van der Waals surface area (Å²) in [5, 5.41) is -0.417. The van der Waals surface area contributed by atoms with Gasteiger partial charge in [-0.3, -0.25) is 4.79 Å². The second-order valence-corrected chi connectivity index (χ2v) is 9.69. The lowest BCUT2D eigenvalue weighted by molar-refractivity contribution is -0.133. The van der Waals surface area contributed by atoms with Gasteiger partial charge in [0.15, 0.2) is 9.84 Å². The van der Waals surface area contributed by atoms with Crippen molar-refractivity contribution in [2.75, 3.05) is 18.8 Å². The maximum atomic E-state index is 12.4. The maximum absolute atomic E-state index is 12.4. The third-order valence-electron chi connectivity index (χ3n) is 5.24. The van der Waals surface area contributed by atoms with E-state index in [4.69, 9.17) is 0 Å². The Morgan fingerprint density at radius 3 is 2.60 bits per heavy atom. The molecule has 2 unspecified atom stereocenters. The number of carbonyl (C=O) groups is 1. The number of nitrogens with zero attached hydrogens (tertiary/aromatic N) is 1. The molecule has 1 saturated heterocycles. The van der Waals surface area contributed by atoms with Crippen LogP contribution in [0.3, 0.4) is 0 Å². The number of rotatable bonds is 2.